The Hall–Kier alpha value is -4.34. The Morgan fingerprint density at radius 3 is 2.12 bits per heavy atom. The van der Waals surface area contributed by atoms with Crippen LogP contribution in [0.15, 0.2) is 48.5 Å². The highest BCUT2D eigenvalue weighted by atomic mass is 16.7. The monoisotopic (exact) mass is 440 g/mol. The number of nitrogens with zero attached hydrogens (tertiary/aromatic N) is 2. The van der Waals surface area contributed by atoms with Gasteiger partial charge in [-0.15, -0.1) is 0 Å². The zero-order valence-electron chi connectivity index (χ0n) is 17.8. The normalized spacial score (nSPS) is 10.2. The highest BCUT2D eigenvalue weighted by molar-refractivity contribution is 6.07. The third kappa shape index (κ3) is 4.24. The smallest absolute Gasteiger partial charge is 0.496 e. The van der Waals surface area contributed by atoms with Gasteiger partial charge in [-0.1, -0.05) is 18.2 Å². The predicted molar refractivity (Wildman–Crippen MR) is 111 cm³/mol. The van der Waals surface area contributed by atoms with Crippen molar-refractivity contribution in [3.8, 4) is 28.4 Å². The Kier molecular flexibility index (Phi) is 6.74. The summed E-state index contributed by atoms with van der Waals surface area (Å²) in [7, 11) is 4.97. The fourth-order valence-electron chi connectivity index (χ4n) is 3.02. The van der Waals surface area contributed by atoms with Crippen molar-refractivity contribution < 1.29 is 38.1 Å². The van der Waals surface area contributed by atoms with Crippen LogP contribution in [0.3, 0.4) is 0 Å². The van der Waals surface area contributed by atoms with Crippen molar-refractivity contribution in [2.24, 2.45) is 0 Å². The summed E-state index contributed by atoms with van der Waals surface area (Å²) < 4.78 is 26.1. The maximum atomic E-state index is 12.8. The molecule has 1 heterocycles. The summed E-state index contributed by atoms with van der Waals surface area (Å²) in [5, 5.41) is 4.50. The largest absolute Gasteiger partial charge is 0.513 e. The number of rotatable bonds is 6. The van der Waals surface area contributed by atoms with Gasteiger partial charge in [-0.3, -0.25) is 0 Å². The topological polar surface area (TPSA) is 115 Å². The van der Waals surface area contributed by atoms with Gasteiger partial charge in [0.2, 0.25) is 0 Å². The maximum absolute atomic E-state index is 12.8. The van der Waals surface area contributed by atoms with Crippen LogP contribution in [0.5, 0.6) is 11.5 Å². The molecule has 0 radical (unpaired) electrons. The van der Waals surface area contributed by atoms with E-state index in [0.717, 1.165) is 0 Å². The van der Waals surface area contributed by atoms with Gasteiger partial charge in [-0.25, -0.2) is 19.1 Å². The average molecular weight is 440 g/mol. The number of carbonyl (C=O) groups is 3. The van der Waals surface area contributed by atoms with Crippen LogP contribution in [0, 0.1) is 0 Å². The second kappa shape index (κ2) is 9.65. The van der Waals surface area contributed by atoms with Crippen LogP contribution in [-0.4, -0.2) is 56.3 Å². The third-order valence-electron chi connectivity index (χ3n) is 4.45. The van der Waals surface area contributed by atoms with E-state index in [9.17, 15) is 14.4 Å². The molecule has 1 aromatic heterocycles. The number of aromatic nitrogens is 2. The molecule has 0 bridgehead atoms. The van der Waals surface area contributed by atoms with Crippen LogP contribution in [0.25, 0.3) is 16.9 Å². The molecule has 3 aromatic rings. The lowest BCUT2D eigenvalue weighted by Gasteiger charge is -2.10. The van der Waals surface area contributed by atoms with Crippen LogP contribution in [0.2, 0.25) is 0 Å². The SMILES string of the molecule is COC(=O)Oc1ccc(OC)c(-c2nn(-c3ccccc3)c(C(=O)OC)c2C(=O)OC)c1. The first-order valence-electron chi connectivity index (χ1n) is 9.24. The number of benzene rings is 2. The number of hydrogen-bond acceptors (Lipinski definition) is 9. The fraction of sp³-hybridized carbons (Fsp3) is 0.182. The summed E-state index contributed by atoms with van der Waals surface area (Å²) in [6.45, 7) is 0. The van der Waals surface area contributed by atoms with Crippen LogP contribution < -0.4 is 9.47 Å². The van der Waals surface area contributed by atoms with E-state index < -0.39 is 18.1 Å². The molecule has 10 heteroatoms. The van der Waals surface area contributed by atoms with Crippen LogP contribution in [-0.2, 0) is 14.2 Å². The highest BCUT2D eigenvalue weighted by Crippen LogP contribution is 2.37. The number of para-hydroxylation sites is 1. The quantitative estimate of drug-likeness (QED) is 0.323. The molecule has 0 saturated carbocycles. The maximum Gasteiger partial charge on any atom is 0.513 e. The number of carbonyl (C=O) groups excluding carboxylic acids is 3. The van der Waals surface area contributed by atoms with E-state index in [0.29, 0.717) is 11.4 Å². The number of ether oxygens (including phenoxy) is 5. The molecule has 0 aliphatic heterocycles. The first-order valence-corrected chi connectivity index (χ1v) is 9.24. The molecule has 0 spiro atoms. The minimum absolute atomic E-state index is 0.0632. The van der Waals surface area contributed by atoms with Crippen molar-refractivity contribution in [3.05, 3.63) is 59.8 Å². The van der Waals surface area contributed by atoms with Crippen molar-refractivity contribution in [1.82, 2.24) is 9.78 Å². The molecular formula is C22H20N2O8. The second-order valence-electron chi connectivity index (χ2n) is 6.22. The summed E-state index contributed by atoms with van der Waals surface area (Å²) in [5.74, 6) is -1.20. The van der Waals surface area contributed by atoms with Gasteiger partial charge in [0.1, 0.15) is 22.8 Å². The van der Waals surface area contributed by atoms with Crippen LogP contribution >= 0.6 is 0 Å². The molecule has 0 amide bonds. The van der Waals surface area contributed by atoms with Gasteiger partial charge in [0, 0.05) is 5.56 Å². The Labute approximate surface area is 183 Å². The lowest BCUT2D eigenvalue weighted by atomic mass is 10.0. The van der Waals surface area contributed by atoms with Gasteiger partial charge in [0.25, 0.3) is 0 Å². The zero-order chi connectivity index (χ0) is 23.3. The molecule has 0 unspecified atom stereocenters. The van der Waals surface area contributed by atoms with E-state index in [1.807, 2.05) is 0 Å². The summed E-state index contributed by atoms with van der Waals surface area (Å²) in [4.78, 5) is 37.0. The van der Waals surface area contributed by atoms with E-state index in [1.54, 1.807) is 30.3 Å². The van der Waals surface area contributed by atoms with E-state index in [4.69, 9.17) is 18.9 Å². The van der Waals surface area contributed by atoms with Crippen LogP contribution in [0.4, 0.5) is 4.79 Å². The minimum Gasteiger partial charge on any atom is -0.496 e. The summed E-state index contributed by atoms with van der Waals surface area (Å²) in [5.41, 5.74) is 0.561. The molecule has 0 aliphatic rings. The highest BCUT2D eigenvalue weighted by Gasteiger charge is 2.32. The molecular weight excluding hydrogens is 420 g/mol. The first kappa shape index (κ1) is 22.3. The summed E-state index contributed by atoms with van der Waals surface area (Å²) in [6.07, 6.45) is -0.931. The fourth-order valence-corrected chi connectivity index (χ4v) is 3.02. The molecule has 10 nitrogen and oxygen atoms in total. The van der Waals surface area contributed by atoms with Crippen molar-refractivity contribution in [1.29, 1.82) is 0 Å². The van der Waals surface area contributed by atoms with Gasteiger partial charge < -0.3 is 23.7 Å². The first-order chi connectivity index (χ1) is 15.4. The predicted octanol–water partition coefficient (Wildman–Crippen LogP) is 3.27. The van der Waals surface area contributed by atoms with Crippen molar-refractivity contribution in [3.63, 3.8) is 0 Å². The Bertz CT molecular complexity index is 1150. The Balaban J connectivity index is 2.34. The van der Waals surface area contributed by atoms with Gasteiger partial charge in [-0.2, -0.15) is 5.10 Å². The van der Waals surface area contributed by atoms with E-state index in [1.165, 1.54) is 51.3 Å². The van der Waals surface area contributed by atoms with E-state index in [-0.39, 0.29) is 28.3 Å². The number of esters is 2. The zero-order valence-corrected chi connectivity index (χ0v) is 17.8. The Morgan fingerprint density at radius 2 is 1.53 bits per heavy atom. The van der Waals surface area contributed by atoms with Gasteiger partial charge in [0.15, 0.2) is 5.69 Å². The van der Waals surface area contributed by atoms with Gasteiger partial charge in [0.05, 0.1) is 34.1 Å². The van der Waals surface area contributed by atoms with Gasteiger partial charge in [-0.05, 0) is 30.3 Å². The summed E-state index contributed by atoms with van der Waals surface area (Å²) in [6, 6.07) is 13.1. The standard InChI is InChI=1S/C22H20N2O8/c1-28-16-11-10-14(32-22(27)31-4)12-15(16)18-17(20(25)29-2)19(21(26)30-3)24(23-18)13-8-6-5-7-9-13/h5-12H,1-4H3. The molecule has 166 valence electrons. The molecule has 0 aliphatic carbocycles. The molecule has 0 saturated heterocycles. The second-order valence-corrected chi connectivity index (χ2v) is 6.22. The van der Waals surface area contributed by atoms with Crippen molar-refractivity contribution >= 4 is 18.1 Å². The molecule has 0 atom stereocenters. The lowest BCUT2D eigenvalue weighted by molar-refractivity contribution is 0.0549. The van der Waals surface area contributed by atoms with E-state index >= 15 is 0 Å². The molecule has 0 N–H and O–H groups in total. The average Bonchev–Trinajstić information content (AvgIpc) is 3.24. The summed E-state index contributed by atoms with van der Waals surface area (Å²) >= 11 is 0. The number of hydrogen-bond donors (Lipinski definition) is 0. The van der Waals surface area contributed by atoms with E-state index in [2.05, 4.69) is 9.84 Å². The Morgan fingerprint density at radius 1 is 0.844 bits per heavy atom. The molecule has 2 aromatic carbocycles. The molecule has 0 fully saturated rings. The van der Waals surface area contributed by atoms with Crippen molar-refractivity contribution in [2.75, 3.05) is 28.4 Å². The van der Waals surface area contributed by atoms with Crippen LogP contribution in [0.1, 0.15) is 20.8 Å². The molecule has 32 heavy (non-hydrogen) atoms. The van der Waals surface area contributed by atoms with Crippen molar-refractivity contribution in [2.45, 2.75) is 0 Å². The lowest BCUT2D eigenvalue weighted by Crippen LogP contribution is -2.15. The van der Waals surface area contributed by atoms with Gasteiger partial charge >= 0.3 is 18.1 Å². The minimum atomic E-state index is -0.931. The third-order valence-corrected chi connectivity index (χ3v) is 4.45. The number of methoxy groups -OCH3 is 4. The molecule has 3 rings (SSSR count).